The fraction of sp³-hybridized carbons (Fsp3) is 0.523. The lowest BCUT2D eigenvalue weighted by Gasteiger charge is -2.43. The summed E-state index contributed by atoms with van der Waals surface area (Å²) in [5.41, 5.74) is 8.21. The van der Waals surface area contributed by atoms with Crippen LogP contribution in [0.5, 0.6) is 0 Å². The number of pyridine rings is 2. The number of carbonyl (C=O) groups excluding carboxylic acids is 1. The highest BCUT2D eigenvalue weighted by Gasteiger charge is 2.34. The summed E-state index contributed by atoms with van der Waals surface area (Å²) in [6.07, 6.45) is 11.0. The standard InChI is InChI=1S/C42H51N9O4.C2H6/c1-29(52)49-18-12-38-36(28-49)41(45-51(38)35-13-23-55-24-14-35)50-15-2-3-31-25-37(43-27-39(31)50)32-6-9-40(44-26-32)48-16-10-34(11-17-48)47-21-19-46(20-22-47)33-7-4-30(5-8-33)42(53)54;1-2/h4-9,25-27,34-35H,2-3,10-24,28H2,1H3,(H,53,54);1-2H3. The van der Waals surface area contributed by atoms with Gasteiger partial charge in [0.05, 0.1) is 35.7 Å². The zero-order valence-corrected chi connectivity index (χ0v) is 33.8. The van der Waals surface area contributed by atoms with Gasteiger partial charge in [0.15, 0.2) is 5.82 Å². The van der Waals surface area contributed by atoms with Crippen LogP contribution in [0.3, 0.4) is 0 Å². The normalized spacial score (nSPS) is 19.4. The Hall–Kier alpha value is -5.01. The van der Waals surface area contributed by atoms with Gasteiger partial charge in [-0.25, -0.2) is 9.78 Å². The van der Waals surface area contributed by atoms with Gasteiger partial charge < -0.3 is 29.4 Å². The fourth-order valence-corrected chi connectivity index (χ4v) is 9.35. The van der Waals surface area contributed by atoms with E-state index in [1.165, 1.54) is 16.8 Å². The fourth-order valence-electron chi connectivity index (χ4n) is 9.35. The quantitative estimate of drug-likeness (QED) is 0.231. The van der Waals surface area contributed by atoms with Crippen LogP contribution in [0.25, 0.3) is 11.3 Å². The van der Waals surface area contributed by atoms with E-state index in [-0.39, 0.29) is 5.91 Å². The number of aryl methyl sites for hydroxylation is 1. The van der Waals surface area contributed by atoms with Crippen molar-refractivity contribution in [2.24, 2.45) is 0 Å². The molecule has 0 saturated carbocycles. The highest BCUT2D eigenvalue weighted by atomic mass is 16.5. The van der Waals surface area contributed by atoms with Crippen molar-refractivity contribution in [1.82, 2.24) is 29.5 Å². The Bertz CT molecular complexity index is 2010. The molecule has 0 aliphatic carbocycles. The number of piperidine rings is 1. The number of fused-ring (bicyclic) bond motifs is 2. The molecule has 1 aromatic carbocycles. The first-order chi connectivity index (χ1) is 27.9. The molecule has 3 aromatic heterocycles. The Morgan fingerprint density at radius 2 is 1.54 bits per heavy atom. The maximum Gasteiger partial charge on any atom is 0.335 e. The van der Waals surface area contributed by atoms with Crippen molar-refractivity contribution < 1.29 is 19.4 Å². The molecular weight excluding hydrogens is 719 g/mol. The summed E-state index contributed by atoms with van der Waals surface area (Å²) >= 11 is 0. The van der Waals surface area contributed by atoms with Crippen molar-refractivity contribution in [2.75, 3.05) is 80.3 Å². The zero-order valence-electron chi connectivity index (χ0n) is 33.8. The van der Waals surface area contributed by atoms with Gasteiger partial charge in [-0.1, -0.05) is 13.8 Å². The zero-order chi connectivity index (χ0) is 39.5. The summed E-state index contributed by atoms with van der Waals surface area (Å²) < 4.78 is 7.95. The van der Waals surface area contributed by atoms with Gasteiger partial charge in [0.2, 0.25) is 5.91 Å². The Morgan fingerprint density at radius 1 is 0.789 bits per heavy atom. The number of piperazine rings is 1. The lowest BCUT2D eigenvalue weighted by Crippen LogP contribution is -2.53. The first-order valence-electron chi connectivity index (χ1n) is 21.1. The molecule has 1 N–H and O–H groups in total. The number of nitrogens with zero attached hydrogens (tertiary/aromatic N) is 9. The molecule has 0 unspecified atom stereocenters. The molecule has 3 saturated heterocycles. The molecule has 302 valence electrons. The largest absolute Gasteiger partial charge is 0.478 e. The molecular formula is C44H57N9O4. The van der Waals surface area contributed by atoms with Gasteiger partial charge in [-0.05, 0) is 86.6 Å². The lowest BCUT2D eigenvalue weighted by molar-refractivity contribution is -0.129. The Balaban J connectivity index is 0.00000224. The number of benzene rings is 1. The van der Waals surface area contributed by atoms with Crippen LogP contribution >= 0.6 is 0 Å². The molecule has 0 atom stereocenters. The molecule has 0 spiro atoms. The molecule has 3 fully saturated rings. The Morgan fingerprint density at radius 3 is 2.23 bits per heavy atom. The summed E-state index contributed by atoms with van der Waals surface area (Å²) in [5, 5.41) is 14.5. The van der Waals surface area contributed by atoms with Crippen LogP contribution in [0.4, 0.5) is 23.0 Å². The maximum absolute atomic E-state index is 12.5. The number of carboxylic acid groups (broad SMARTS) is 1. The van der Waals surface area contributed by atoms with Gasteiger partial charge in [0.25, 0.3) is 0 Å². The van der Waals surface area contributed by atoms with Crippen LogP contribution in [0.15, 0.2) is 54.9 Å². The van der Waals surface area contributed by atoms with Crippen molar-refractivity contribution in [3.8, 4) is 11.3 Å². The van der Waals surface area contributed by atoms with Crippen LogP contribution in [-0.2, 0) is 28.9 Å². The summed E-state index contributed by atoms with van der Waals surface area (Å²) in [7, 11) is 0. The SMILES string of the molecule is CC.CC(=O)N1CCc2c(c(N3CCCc4cc(-c5ccc(N6CCC(N7CCN(c8ccc(C(=O)O)cc8)CC7)CC6)nc5)ncc43)nn2C2CCOCC2)C1. The van der Waals surface area contributed by atoms with E-state index in [1.54, 1.807) is 19.1 Å². The number of hydrogen-bond acceptors (Lipinski definition) is 10. The third-order valence-corrected chi connectivity index (χ3v) is 12.5. The number of aromatic nitrogens is 4. The van der Waals surface area contributed by atoms with Crippen molar-refractivity contribution in [2.45, 2.75) is 84.3 Å². The van der Waals surface area contributed by atoms with Crippen LogP contribution in [-0.4, -0.2) is 118 Å². The van der Waals surface area contributed by atoms with E-state index in [0.717, 1.165) is 145 Å². The Kier molecular flexibility index (Phi) is 11.7. The second-order valence-electron chi connectivity index (χ2n) is 15.7. The molecule has 0 radical (unpaired) electrons. The van der Waals surface area contributed by atoms with Crippen molar-refractivity contribution in [3.05, 3.63) is 77.2 Å². The molecule has 4 aromatic rings. The predicted molar refractivity (Wildman–Crippen MR) is 223 cm³/mol. The summed E-state index contributed by atoms with van der Waals surface area (Å²) in [6.45, 7) is 15.3. The molecule has 8 heterocycles. The van der Waals surface area contributed by atoms with E-state index in [1.807, 2.05) is 43.3 Å². The van der Waals surface area contributed by atoms with Crippen LogP contribution in [0, 0.1) is 0 Å². The third-order valence-electron chi connectivity index (χ3n) is 12.5. The molecule has 5 aliphatic heterocycles. The smallest absolute Gasteiger partial charge is 0.335 e. The third kappa shape index (κ3) is 8.09. The van der Waals surface area contributed by atoms with Crippen LogP contribution in [0.1, 0.15) is 86.1 Å². The van der Waals surface area contributed by atoms with E-state index in [4.69, 9.17) is 19.8 Å². The summed E-state index contributed by atoms with van der Waals surface area (Å²) in [5.74, 6) is 1.22. The van der Waals surface area contributed by atoms with E-state index < -0.39 is 5.97 Å². The minimum absolute atomic E-state index is 0.112. The number of aromatic carboxylic acids is 1. The second-order valence-corrected chi connectivity index (χ2v) is 15.7. The van der Waals surface area contributed by atoms with E-state index in [0.29, 0.717) is 24.2 Å². The number of anilines is 4. The first-order valence-corrected chi connectivity index (χ1v) is 21.1. The van der Waals surface area contributed by atoms with Gasteiger partial charge in [0.1, 0.15) is 5.82 Å². The van der Waals surface area contributed by atoms with Gasteiger partial charge in [0, 0.05) is 114 Å². The van der Waals surface area contributed by atoms with E-state index in [2.05, 4.69) is 42.5 Å². The van der Waals surface area contributed by atoms with Gasteiger partial charge in [-0.3, -0.25) is 19.4 Å². The molecule has 0 bridgehead atoms. The van der Waals surface area contributed by atoms with Gasteiger partial charge in [-0.2, -0.15) is 5.10 Å². The molecule has 13 heteroatoms. The van der Waals surface area contributed by atoms with E-state index >= 15 is 0 Å². The average molecular weight is 776 g/mol. The van der Waals surface area contributed by atoms with Crippen molar-refractivity contribution >= 4 is 34.9 Å². The first kappa shape index (κ1) is 38.8. The highest BCUT2D eigenvalue weighted by molar-refractivity contribution is 5.88. The topological polar surface area (TPSA) is 123 Å². The van der Waals surface area contributed by atoms with Crippen LogP contribution < -0.4 is 14.7 Å². The second kappa shape index (κ2) is 17.2. The summed E-state index contributed by atoms with van der Waals surface area (Å²) in [6, 6.07) is 14.7. The molecule has 9 rings (SSSR count). The lowest BCUT2D eigenvalue weighted by atomic mass is 9.99. The minimum atomic E-state index is -0.886. The predicted octanol–water partition coefficient (Wildman–Crippen LogP) is 6.20. The minimum Gasteiger partial charge on any atom is -0.478 e. The van der Waals surface area contributed by atoms with E-state index in [9.17, 15) is 14.7 Å². The molecule has 1 amide bonds. The number of amides is 1. The molecule has 57 heavy (non-hydrogen) atoms. The number of rotatable bonds is 7. The molecule has 5 aliphatic rings. The van der Waals surface area contributed by atoms with Gasteiger partial charge >= 0.3 is 5.97 Å². The van der Waals surface area contributed by atoms with Gasteiger partial charge in [-0.15, -0.1) is 0 Å². The Labute approximate surface area is 336 Å². The average Bonchev–Trinajstić information content (AvgIpc) is 3.66. The van der Waals surface area contributed by atoms with Crippen molar-refractivity contribution in [1.29, 1.82) is 0 Å². The van der Waals surface area contributed by atoms with Crippen molar-refractivity contribution in [3.63, 3.8) is 0 Å². The number of ether oxygens (including phenoxy) is 1. The monoisotopic (exact) mass is 775 g/mol. The van der Waals surface area contributed by atoms with Crippen LogP contribution in [0.2, 0.25) is 0 Å². The number of hydrogen-bond donors (Lipinski definition) is 1. The maximum atomic E-state index is 12.5. The number of carbonyl (C=O) groups is 2. The number of carboxylic acids is 1. The highest BCUT2D eigenvalue weighted by Crippen LogP contribution is 2.40. The molecule has 13 nitrogen and oxygen atoms in total. The summed E-state index contributed by atoms with van der Waals surface area (Å²) in [4.78, 5) is 45.3.